The Balaban J connectivity index is 1.50. The average molecular weight is 397 g/mol. The summed E-state index contributed by atoms with van der Waals surface area (Å²) in [7, 11) is 0. The lowest BCUT2D eigenvalue weighted by Gasteiger charge is -2.09. The van der Waals surface area contributed by atoms with Crippen LogP contribution in [0.3, 0.4) is 0 Å². The zero-order valence-corrected chi connectivity index (χ0v) is 15.6. The Morgan fingerprint density at radius 1 is 0.933 bits per heavy atom. The highest BCUT2D eigenvalue weighted by molar-refractivity contribution is 6.04. The first-order valence-corrected chi connectivity index (χ1v) is 9.12. The van der Waals surface area contributed by atoms with Crippen LogP contribution in [0.25, 0.3) is 22.8 Å². The number of tetrazole rings is 1. The highest BCUT2D eigenvalue weighted by Crippen LogP contribution is 2.23. The van der Waals surface area contributed by atoms with Crippen molar-refractivity contribution in [3.63, 3.8) is 0 Å². The van der Waals surface area contributed by atoms with E-state index in [0.29, 0.717) is 22.8 Å². The van der Waals surface area contributed by atoms with E-state index in [0.717, 1.165) is 11.4 Å². The van der Waals surface area contributed by atoms with Crippen LogP contribution in [-0.4, -0.2) is 35.9 Å². The molecular formula is C21H15N7O2. The van der Waals surface area contributed by atoms with Crippen LogP contribution in [0.1, 0.15) is 10.5 Å². The van der Waals surface area contributed by atoms with E-state index in [9.17, 15) is 4.79 Å². The maximum atomic E-state index is 13.1. The van der Waals surface area contributed by atoms with Gasteiger partial charge >= 0.3 is 0 Å². The minimum absolute atomic E-state index is 0.307. The van der Waals surface area contributed by atoms with Gasteiger partial charge in [0.05, 0.1) is 17.6 Å². The first-order chi connectivity index (χ1) is 14.8. The summed E-state index contributed by atoms with van der Waals surface area (Å²) in [5.74, 6) is 0.275. The summed E-state index contributed by atoms with van der Waals surface area (Å²) in [5, 5.41) is 18.6. The third kappa shape index (κ3) is 3.35. The highest BCUT2D eigenvalue weighted by atomic mass is 16.3. The molecule has 3 heterocycles. The lowest BCUT2D eigenvalue weighted by molar-refractivity contribution is 0.101. The molecule has 0 fully saturated rings. The predicted octanol–water partition coefficient (Wildman–Crippen LogP) is 3.36. The SMILES string of the molecule is O=C(Nc1cccc(-n2cnnn2)c1)c1cc(-c2ccco2)nn1-c1ccccc1. The Morgan fingerprint density at radius 3 is 2.57 bits per heavy atom. The van der Waals surface area contributed by atoms with Crippen molar-refractivity contribution in [1.82, 2.24) is 30.0 Å². The number of nitrogens with zero attached hydrogens (tertiary/aromatic N) is 6. The van der Waals surface area contributed by atoms with Crippen LogP contribution in [0.15, 0.2) is 89.8 Å². The minimum atomic E-state index is -0.307. The number of amides is 1. The molecule has 0 bridgehead atoms. The number of hydrogen-bond acceptors (Lipinski definition) is 6. The summed E-state index contributed by atoms with van der Waals surface area (Å²) < 4.78 is 8.56. The monoisotopic (exact) mass is 397 g/mol. The second-order valence-electron chi connectivity index (χ2n) is 6.40. The minimum Gasteiger partial charge on any atom is -0.463 e. The van der Waals surface area contributed by atoms with Crippen molar-refractivity contribution in [3.8, 4) is 22.8 Å². The van der Waals surface area contributed by atoms with Gasteiger partial charge < -0.3 is 9.73 Å². The van der Waals surface area contributed by atoms with Crippen LogP contribution in [0.2, 0.25) is 0 Å². The second-order valence-corrected chi connectivity index (χ2v) is 6.40. The van der Waals surface area contributed by atoms with E-state index in [1.165, 1.54) is 11.0 Å². The molecule has 1 N–H and O–H groups in total. The molecule has 5 aromatic rings. The highest BCUT2D eigenvalue weighted by Gasteiger charge is 2.19. The fraction of sp³-hybridized carbons (Fsp3) is 0. The summed E-state index contributed by atoms with van der Waals surface area (Å²) in [6.45, 7) is 0. The fourth-order valence-electron chi connectivity index (χ4n) is 3.05. The molecule has 0 aliphatic rings. The van der Waals surface area contributed by atoms with Gasteiger partial charge in [-0.2, -0.15) is 5.10 Å². The maximum Gasteiger partial charge on any atom is 0.274 e. The molecule has 9 nitrogen and oxygen atoms in total. The average Bonchev–Trinajstić information content (AvgIpc) is 3.56. The van der Waals surface area contributed by atoms with Crippen LogP contribution in [0.4, 0.5) is 5.69 Å². The first kappa shape index (κ1) is 17.6. The molecule has 3 aromatic heterocycles. The maximum absolute atomic E-state index is 13.1. The van der Waals surface area contributed by atoms with Crippen LogP contribution in [0, 0.1) is 0 Å². The molecule has 9 heteroatoms. The molecule has 0 saturated heterocycles. The van der Waals surface area contributed by atoms with Crippen molar-refractivity contribution in [2.75, 3.05) is 5.32 Å². The first-order valence-electron chi connectivity index (χ1n) is 9.12. The molecule has 0 unspecified atom stereocenters. The number of carbonyl (C=O) groups excluding carboxylic acids is 1. The lowest BCUT2D eigenvalue weighted by atomic mass is 10.2. The molecule has 2 aromatic carbocycles. The van der Waals surface area contributed by atoms with Crippen molar-refractivity contribution in [3.05, 3.63) is 91.1 Å². The molecular weight excluding hydrogens is 382 g/mol. The Hall–Kier alpha value is -4.53. The normalized spacial score (nSPS) is 10.8. The Bertz CT molecular complexity index is 1280. The van der Waals surface area contributed by atoms with Gasteiger partial charge in [-0.05, 0) is 52.9 Å². The zero-order valence-electron chi connectivity index (χ0n) is 15.6. The van der Waals surface area contributed by atoms with Gasteiger partial charge in [0.1, 0.15) is 17.7 Å². The second kappa shape index (κ2) is 7.47. The van der Waals surface area contributed by atoms with Gasteiger partial charge in [0.25, 0.3) is 5.91 Å². The fourth-order valence-corrected chi connectivity index (χ4v) is 3.05. The smallest absolute Gasteiger partial charge is 0.274 e. The largest absolute Gasteiger partial charge is 0.463 e. The van der Waals surface area contributed by atoms with E-state index in [1.807, 2.05) is 42.5 Å². The Kier molecular flexibility index (Phi) is 4.37. The molecule has 0 aliphatic carbocycles. The van der Waals surface area contributed by atoms with Crippen molar-refractivity contribution in [2.24, 2.45) is 0 Å². The van der Waals surface area contributed by atoms with Gasteiger partial charge in [0.2, 0.25) is 0 Å². The number of benzene rings is 2. The van der Waals surface area contributed by atoms with Crippen LogP contribution in [-0.2, 0) is 0 Å². The number of aromatic nitrogens is 6. The van der Waals surface area contributed by atoms with Gasteiger partial charge in [-0.1, -0.05) is 24.3 Å². The van der Waals surface area contributed by atoms with Gasteiger partial charge in [0.15, 0.2) is 5.76 Å². The summed E-state index contributed by atoms with van der Waals surface area (Å²) in [6.07, 6.45) is 3.06. The van der Waals surface area contributed by atoms with E-state index in [-0.39, 0.29) is 5.91 Å². The van der Waals surface area contributed by atoms with Crippen molar-refractivity contribution in [1.29, 1.82) is 0 Å². The molecule has 1 amide bonds. The van der Waals surface area contributed by atoms with Crippen molar-refractivity contribution < 1.29 is 9.21 Å². The number of para-hydroxylation sites is 1. The molecule has 0 aliphatic heterocycles. The van der Waals surface area contributed by atoms with Crippen LogP contribution >= 0.6 is 0 Å². The molecule has 5 rings (SSSR count). The molecule has 0 spiro atoms. The Labute approximate surface area is 170 Å². The topological polar surface area (TPSA) is 104 Å². The molecule has 0 saturated carbocycles. The Morgan fingerprint density at radius 2 is 1.80 bits per heavy atom. The molecule has 146 valence electrons. The van der Waals surface area contributed by atoms with E-state index in [4.69, 9.17) is 4.42 Å². The number of rotatable bonds is 5. The molecule has 0 atom stereocenters. The third-order valence-electron chi connectivity index (χ3n) is 4.43. The summed E-state index contributed by atoms with van der Waals surface area (Å²) in [4.78, 5) is 13.1. The van der Waals surface area contributed by atoms with E-state index in [2.05, 4.69) is 25.9 Å². The number of carbonyl (C=O) groups is 1. The summed E-state index contributed by atoms with van der Waals surface area (Å²) >= 11 is 0. The zero-order chi connectivity index (χ0) is 20.3. The number of furan rings is 1. The van der Waals surface area contributed by atoms with Gasteiger partial charge in [-0.25, -0.2) is 9.36 Å². The molecule has 30 heavy (non-hydrogen) atoms. The van der Waals surface area contributed by atoms with Crippen molar-refractivity contribution in [2.45, 2.75) is 0 Å². The van der Waals surface area contributed by atoms with Gasteiger partial charge in [0, 0.05) is 11.8 Å². The number of hydrogen-bond donors (Lipinski definition) is 1. The molecule has 0 radical (unpaired) electrons. The number of nitrogens with one attached hydrogen (secondary N) is 1. The van der Waals surface area contributed by atoms with E-state index < -0.39 is 0 Å². The quantitative estimate of drug-likeness (QED) is 0.488. The van der Waals surface area contributed by atoms with E-state index in [1.54, 1.807) is 41.3 Å². The predicted molar refractivity (Wildman–Crippen MR) is 108 cm³/mol. The van der Waals surface area contributed by atoms with Gasteiger partial charge in [-0.3, -0.25) is 4.79 Å². The summed E-state index contributed by atoms with van der Waals surface area (Å²) in [5.41, 5.74) is 3.04. The van der Waals surface area contributed by atoms with Gasteiger partial charge in [-0.15, -0.1) is 5.10 Å². The lowest BCUT2D eigenvalue weighted by Crippen LogP contribution is -2.17. The summed E-state index contributed by atoms with van der Waals surface area (Å²) in [6, 6.07) is 22.0. The van der Waals surface area contributed by atoms with E-state index >= 15 is 0 Å². The number of anilines is 1. The van der Waals surface area contributed by atoms with Crippen LogP contribution in [0.5, 0.6) is 0 Å². The van der Waals surface area contributed by atoms with Crippen LogP contribution < -0.4 is 5.32 Å². The standard InChI is InChI=1S/C21H15N7O2/c29-21(23-15-6-4-9-17(12-15)27-14-22-25-26-27)19-13-18(20-10-5-11-30-20)24-28(19)16-7-2-1-3-8-16/h1-14H,(H,23,29). The van der Waals surface area contributed by atoms with Crippen molar-refractivity contribution >= 4 is 11.6 Å². The third-order valence-corrected chi connectivity index (χ3v) is 4.43.